The molecule has 2 aliphatic rings. The van der Waals surface area contributed by atoms with Crippen LogP contribution in [0, 0.1) is 11.8 Å². The van der Waals surface area contributed by atoms with Crippen LogP contribution in [-0.4, -0.2) is 41.2 Å². The van der Waals surface area contributed by atoms with Gasteiger partial charge in [0, 0.05) is 26.2 Å². The van der Waals surface area contributed by atoms with Gasteiger partial charge in [-0.3, -0.25) is 19.4 Å². The number of likely N-dealkylation sites (tertiary alicyclic amines) is 2. The summed E-state index contributed by atoms with van der Waals surface area (Å²) in [7, 11) is 0. The highest BCUT2D eigenvalue weighted by atomic mass is 16.2. The molecule has 0 aliphatic carbocycles. The zero-order valence-electron chi connectivity index (χ0n) is 12.5. The largest absolute Gasteiger partial charge is 0.297 e. The summed E-state index contributed by atoms with van der Waals surface area (Å²) in [5.41, 5.74) is 1.24. The van der Waals surface area contributed by atoms with Crippen LogP contribution in [0.25, 0.3) is 0 Å². The van der Waals surface area contributed by atoms with Crippen molar-refractivity contribution < 1.29 is 9.59 Å². The van der Waals surface area contributed by atoms with Crippen molar-refractivity contribution in [2.75, 3.05) is 19.6 Å². The van der Waals surface area contributed by atoms with Crippen molar-refractivity contribution >= 4 is 11.8 Å². The van der Waals surface area contributed by atoms with E-state index in [0.29, 0.717) is 19.6 Å². The fourth-order valence-electron chi connectivity index (χ4n) is 3.40. The Kier molecular flexibility index (Phi) is 4.06. The molecule has 2 saturated heterocycles. The van der Waals surface area contributed by atoms with Crippen LogP contribution in [0.5, 0.6) is 0 Å². The van der Waals surface area contributed by atoms with Gasteiger partial charge in [-0.25, -0.2) is 0 Å². The number of benzene rings is 1. The number of hydrogen-bond donors (Lipinski definition) is 0. The third-order valence-corrected chi connectivity index (χ3v) is 4.55. The van der Waals surface area contributed by atoms with E-state index in [1.165, 1.54) is 10.5 Å². The molecule has 2 fully saturated rings. The van der Waals surface area contributed by atoms with Crippen LogP contribution in [0.15, 0.2) is 30.3 Å². The Labute approximate surface area is 125 Å². The standard InChI is InChI=1S/C17H22N2O2/c1-2-3-9-19-16(20)14-11-18(12-15(14)17(19)21)10-13-7-5-4-6-8-13/h4-8,14-15H,2-3,9-12H2,1H3/t14-,15+. The smallest absolute Gasteiger partial charge is 0.234 e. The quantitative estimate of drug-likeness (QED) is 0.776. The fraction of sp³-hybridized carbons (Fsp3) is 0.529. The zero-order chi connectivity index (χ0) is 14.8. The van der Waals surface area contributed by atoms with E-state index in [0.717, 1.165) is 19.4 Å². The number of rotatable bonds is 5. The number of hydrogen-bond acceptors (Lipinski definition) is 3. The summed E-state index contributed by atoms with van der Waals surface area (Å²) in [5, 5.41) is 0. The lowest BCUT2D eigenvalue weighted by molar-refractivity contribution is -0.140. The molecule has 0 N–H and O–H groups in total. The summed E-state index contributed by atoms with van der Waals surface area (Å²) in [4.78, 5) is 28.5. The van der Waals surface area contributed by atoms with Gasteiger partial charge in [0.15, 0.2) is 0 Å². The highest BCUT2D eigenvalue weighted by molar-refractivity contribution is 6.05. The van der Waals surface area contributed by atoms with E-state index in [1.807, 2.05) is 18.2 Å². The lowest BCUT2D eigenvalue weighted by atomic mass is 10.00. The van der Waals surface area contributed by atoms with E-state index in [9.17, 15) is 9.59 Å². The first-order chi connectivity index (χ1) is 10.2. The molecule has 4 nitrogen and oxygen atoms in total. The van der Waals surface area contributed by atoms with E-state index < -0.39 is 0 Å². The first-order valence-electron chi connectivity index (χ1n) is 7.82. The molecule has 0 radical (unpaired) electrons. The summed E-state index contributed by atoms with van der Waals surface area (Å²) in [5.74, 6) is -0.126. The maximum Gasteiger partial charge on any atom is 0.234 e. The normalized spacial score (nSPS) is 25.7. The van der Waals surface area contributed by atoms with Crippen molar-refractivity contribution in [1.82, 2.24) is 9.80 Å². The Morgan fingerprint density at radius 1 is 1.05 bits per heavy atom. The van der Waals surface area contributed by atoms with Crippen molar-refractivity contribution in [2.24, 2.45) is 11.8 Å². The summed E-state index contributed by atoms with van der Waals surface area (Å²) in [6.45, 7) is 4.93. The van der Waals surface area contributed by atoms with Crippen LogP contribution in [-0.2, 0) is 16.1 Å². The van der Waals surface area contributed by atoms with Crippen LogP contribution < -0.4 is 0 Å². The number of carbonyl (C=O) groups excluding carboxylic acids is 2. The first kappa shape index (κ1) is 14.3. The van der Waals surface area contributed by atoms with E-state index in [-0.39, 0.29) is 23.7 Å². The monoisotopic (exact) mass is 286 g/mol. The maximum absolute atomic E-state index is 12.4. The Balaban J connectivity index is 1.63. The average molecular weight is 286 g/mol. The second-order valence-electron chi connectivity index (χ2n) is 6.07. The van der Waals surface area contributed by atoms with E-state index in [1.54, 1.807) is 0 Å². The van der Waals surface area contributed by atoms with E-state index in [4.69, 9.17) is 0 Å². The van der Waals surface area contributed by atoms with Crippen molar-refractivity contribution in [1.29, 1.82) is 0 Å². The summed E-state index contributed by atoms with van der Waals surface area (Å²) in [6, 6.07) is 10.2. The van der Waals surface area contributed by atoms with Gasteiger partial charge in [0.1, 0.15) is 0 Å². The van der Waals surface area contributed by atoms with E-state index in [2.05, 4.69) is 24.0 Å². The molecule has 2 heterocycles. The highest BCUT2D eigenvalue weighted by Crippen LogP contribution is 2.34. The second-order valence-corrected chi connectivity index (χ2v) is 6.07. The molecule has 0 aromatic heterocycles. The average Bonchev–Trinajstić information content (AvgIpc) is 2.99. The van der Waals surface area contributed by atoms with Gasteiger partial charge in [0.05, 0.1) is 11.8 Å². The van der Waals surface area contributed by atoms with Crippen molar-refractivity contribution in [2.45, 2.75) is 26.3 Å². The molecule has 112 valence electrons. The van der Waals surface area contributed by atoms with Gasteiger partial charge in [-0.1, -0.05) is 43.7 Å². The van der Waals surface area contributed by atoms with Crippen LogP contribution in [0.3, 0.4) is 0 Å². The molecule has 1 aromatic carbocycles. The Bertz CT molecular complexity index is 505. The number of unbranched alkanes of at least 4 members (excludes halogenated alkanes) is 1. The predicted molar refractivity (Wildman–Crippen MR) is 80.3 cm³/mol. The molecule has 0 saturated carbocycles. The predicted octanol–water partition coefficient (Wildman–Crippen LogP) is 1.90. The molecule has 21 heavy (non-hydrogen) atoms. The molecular weight excluding hydrogens is 264 g/mol. The number of nitrogens with zero attached hydrogens (tertiary/aromatic N) is 2. The molecule has 2 atom stereocenters. The van der Waals surface area contributed by atoms with Crippen molar-refractivity contribution in [3.8, 4) is 0 Å². The molecule has 2 aliphatic heterocycles. The van der Waals surface area contributed by atoms with Crippen molar-refractivity contribution in [3.63, 3.8) is 0 Å². The Hall–Kier alpha value is -1.68. The first-order valence-corrected chi connectivity index (χ1v) is 7.82. The lowest BCUT2D eigenvalue weighted by Crippen LogP contribution is -2.36. The highest BCUT2D eigenvalue weighted by Gasteiger charge is 2.51. The molecule has 4 heteroatoms. The van der Waals surface area contributed by atoms with Gasteiger partial charge in [0.25, 0.3) is 0 Å². The minimum absolute atomic E-state index is 0.0500. The molecule has 0 unspecified atom stereocenters. The van der Waals surface area contributed by atoms with Crippen LogP contribution >= 0.6 is 0 Å². The summed E-state index contributed by atoms with van der Waals surface area (Å²) in [6.07, 6.45) is 1.91. The molecule has 2 amide bonds. The summed E-state index contributed by atoms with van der Waals surface area (Å²) < 4.78 is 0. The van der Waals surface area contributed by atoms with Crippen molar-refractivity contribution in [3.05, 3.63) is 35.9 Å². The molecule has 0 bridgehead atoms. The molecule has 0 spiro atoms. The minimum atomic E-state index is -0.113. The van der Waals surface area contributed by atoms with Gasteiger partial charge in [-0.2, -0.15) is 0 Å². The fourth-order valence-corrected chi connectivity index (χ4v) is 3.40. The number of imide groups is 1. The molecule has 1 aromatic rings. The number of carbonyl (C=O) groups is 2. The minimum Gasteiger partial charge on any atom is -0.297 e. The summed E-state index contributed by atoms with van der Waals surface area (Å²) >= 11 is 0. The number of fused-ring (bicyclic) bond motifs is 1. The molecule has 3 rings (SSSR count). The van der Waals surface area contributed by atoms with Gasteiger partial charge in [-0.15, -0.1) is 0 Å². The van der Waals surface area contributed by atoms with Crippen LogP contribution in [0.4, 0.5) is 0 Å². The third kappa shape index (κ3) is 2.72. The SMILES string of the molecule is CCCCN1C(=O)[C@H]2CN(Cc3ccccc3)C[C@H]2C1=O. The van der Waals surface area contributed by atoms with Gasteiger partial charge >= 0.3 is 0 Å². The van der Waals surface area contributed by atoms with E-state index >= 15 is 0 Å². The number of amides is 2. The zero-order valence-corrected chi connectivity index (χ0v) is 12.5. The second kappa shape index (κ2) is 5.98. The maximum atomic E-state index is 12.4. The van der Waals surface area contributed by atoms with Gasteiger partial charge in [-0.05, 0) is 12.0 Å². The van der Waals surface area contributed by atoms with Crippen LogP contribution in [0.1, 0.15) is 25.3 Å². The van der Waals surface area contributed by atoms with Crippen LogP contribution in [0.2, 0.25) is 0 Å². The Morgan fingerprint density at radius 2 is 1.67 bits per heavy atom. The van der Waals surface area contributed by atoms with Gasteiger partial charge in [0.2, 0.25) is 11.8 Å². The Morgan fingerprint density at radius 3 is 2.24 bits per heavy atom. The molecular formula is C17H22N2O2. The lowest BCUT2D eigenvalue weighted by Gasteiger charge is -2.20. The topological polar surface area (TPSA) is 40.6 Å². The van der Waals surface area contributed by atoms with Gasteiger partial charge < -0.3 is 0 Å². The third-order valence-electron chi connectivity index (χ3n) is 4.55.